The molecule has 0 bridgehead atoms. The van der Waals surface area contributed by atoms with Crippen LogP contribution in [-0.4, -0.2) is 4.98 Å². The van der Waals surface area contributed by atoms with E-state index in [0.717, 1.165) is 11.1 Å². The Labute approximate surface area is 111 Å². The van der Waals surface area contributed by atoms with E-state index in [2.05, 4.69) is 10.3 Å². The zero-order valence-electron chi connectivity index (χ0n) is 10.0. The van der Waals surface area contributed by atoms with Crippen LogP contribution in [0, 0.1) is 5.82 Å². The Bertz CT molecular complexity index is 516. The van der Waals surface area contributed by atoms with Gasteiger partial charge in [0.05, 0.1) is 0 Å². The first kappa shape index (κ1) is 13.0. The molecule has 2 aromatic rings. The van der Waals surface area contributed by atoms with Crippen molar-refractivity contribution in [1.29, 1.82) is 0 Å². The lowest BCUT2D eigenvalue weighted by atomic mass is 10.1. The van der Waals surface area contributed by atoms with Crippen molar-refractivity contribution in [1.82, 2.24) is 10.3 Å². The molecule has 0 aliphatic carbocycles. The molecule has 0 saturated heterocycles. The first-order valence-corrected chi connectivity index (χ1v) is 6.12. The van der Waals surface area contributed by atoms with Crippen LogP contribution in [0.25, 0.3) is 0 Å². The Morgan fingerprint density at radius 3 is 2.94 bits per heavy atom. The molecule has 0 saturated carbocycles. The monoisotopic (exact) mass is 264 g/mol. The van der Waals surface area contributed by atoms with Gasteiger partial charge in [0.1, 0.15) is 5.82 Å². The fourth-order valence-electron chi connectivity index (χ4n) is 1.69. The maximum absolute atomic E-state index is 13.1. The van der Waals surface area contributed by atoms with Crippen molar-refractivity contribution >= 4 is 11.6 Å². The van der Waals surface area contributed by atoms with E-state index in [1.54, 1.807) is 12.3 Å². The van der Waals surface area contributed by atoms with Gasteiger partial charge in [0.25, 0.3) is 0 Å². The quantitative estimate of drug-likeness (QED) is 0.910. The van der Waals surface area contributed by atoms with E-state index in [4.69, 9.17) is 11.6 Å². The van der Waals surface area contributed by atoms with Crippen molar-refractivity contribution in [2.45, 2.75) is 19.5 Å². The summed E-state index contributed by atoms with van der Waals surface area (Å²) in [4.78, 5) is 4.07. The summed E-state index contributed by atoms with van der Waals surface area (Å²) < 4.78 is 13.1. The molecule has 0 amide bonds. The van der Waals surface area contributed by atoms with Crippen LogP contribution in [0.1, 0.15) is 24.1 Å². The third kappa shape index (κ3) is 3.28. The molecule has 0 aliphatic rings. The van der Waals surface area contributed by atoms with Gasteiger partial charge >= 0.3 is 0 Å². The second-order valence-electron chi connectivity index (χ2n) is 4.12. The molecular formula is C14H14ClFN2. The lowest BCUT2D eigenvalue weighted by Gasteiger charge is -2.14. The minimum atomic E-state index is -0.273. The van der Waals surface area contributed by atoms with Gasteiger partial charge in [0.15, 0.2) is 0 Å². The SMILES string of the molecule is C[C@H](NCc1cc(F)ccc1Cl)c1cccnc1. The van der Waals surface area contributed by atoms with E-state index >= 15 is 0 Å². The number of nitrogens with zero attached hydrogens (tertiary/aromatic N) is 1. The molecule has 94 valence electrons. The van der Waals surface area contributed by atoms with Gasteiger partial charge in [-0.15, -0.1) is 0 Å². The molecule has 0 unspecified atom stereocenters. The van der Waals surface area contributed by atoms with Crippen LogP contribution in [0.5, 0.6) is 0 Å². The summed E-state index contributed by atoms with van der Waals surface area (Å²) in [5, 5.41) is 3.86. The largest absolute Gasteiger partial charge is 0.306 e. The predicted octanol–water partition coefficient (Wildman–Crippen LogP) is 3.72. The maximum Gasteiger partial charge on any atom is 0.123 e. The summed E-state index contributed by atoms with van der Waals surface area (Å²) >= 11 is 6.01. The predicted molar refractivity (Wildman–Crippen MR) is 70.9 cm³/mol. The van der Waals surface area contributed by atoms with Gasteiger partial charge in [-0.25, -0.2) is 4.39 Å². The number of benzene rings is 1. The fourth-order valence-corrected chi connectivity index (χ4v) is 1.88. The Hall–Kier alpha value is -1.45. The smallest absolute Gasteiger partial charge is 0.123 e. The van der Waals surface area contributed by atoms with Crippen molar-refractivity contribution in [3.63, 3.8) is 0 Å². The Balaban J connectivity index is 2.01. The lowest BCUT2D eigenvalue weighted by Crippen LogP contribution is -2.18. The highest BCUT2D eigenvalue weighted by Gasteiger charge is 2.07. The molecule has 0 spiro atoms. The summed E-state index contributed by atoms with van der Waals surface area (Å²) in [5.74, 6) is -0.273. The number of pyridine rings is 1. The van der Waals surface area contributed by atoms with Gasteiger partial charge in [-0.2, -0.15) is 0 Å². The third-order valence-electron chi connectivity index (χ3n) is 2.79. The Morgan fingerprint density at radius 1 is 1.39 bits per heavy atom. The van der Waals surface area contributed by atoms with E-state index in [-0.39, 0.29) is 11.9 Å². The first-order valence-electron chi connectivity index (χ1n) is 5.74. The Morgan fingerprint density at radius 2 is 2.22 bits per heavy atom. The van der Waals surface area contributed by atoms with Gasteiger partial charge < -0.3 is 5.32 Å². The molecule has 1 aromatic heterocycles. The van der Waals surface area contributed by atoms with Crippen LogP contribution in [0.3, 0.4) is 0 Å². The molecule has 1 aromatic carbocycles. The molecule has 0 aliphatic heterocycles. The highest BCUT2D eigenvalue weighted by atomic mass is 35.5. The fraction of sp³-hybridized carbons (Fsp3) is 0.214. The lowest BCUT2D eigenvalue weighted by molar-refractivity contribution is 0.568. The van der Waals surface area contributed by atoms with E-state index in [0.29, 0.717) is 11.6 Å². The van der Waals surface area contributed by atoms with Gasteiger partial charge in [0.2, 0.25) is 0 Å². The van der Waals surface area contributed by atoms with Crippen LogP contribution in [0.15, 0.2) is 42.7 Å². The molecule has 18 heavy (non-hydrogen) atoms. The number of halogens is 2. The second kappa shape index (κ2) is 5.94. The number of rotatable bonds is 4. The zero-order valence-corrected chi connectivity index (χ0v) is 10.8. The summed E-state index contributed by atoms with van der Waals surface area (Å²) in [6.07, 6.45) is 3.55. The average Bonchev–Trinajstić information content (AvgIpc) is 2.40. The zero-order chi connectivity index (χ0) is 13.0. The number of hydrogen-bond donors (Lipinski definition) is 1. The minimum absolute atomic E-state index is 0.137. The van der Waals surface area contributed by atoms with Gasteiger partial charge in [0, 0.05) is 30.0 Å². The van der Waals surface area contributed by atoms with E-state index in [1.807, 2.05) is 25.3 Å². The summed E-state index contributed by atoms with van der Waals surface area (Å²) in [6.45, 7) is 2.55. The van der Waals surface area contributed by atoms with Crippen LogP contribution in [-0.2, 0) is 6.54 Å². The van der Waals surface area contributed by atoms with Crippen LogP contribution < -0.4 is 5.32 Å². The standard InChI is InChI=1S/C14H14ClFN2/c1-10(11-3-2-6-17-8-11)18-9-12-7-13(16)4-5-14(12)15/h2-8,10,18H,9H2,1H3/t10-/m0/s1. The van der Waals surface area contributed by atoms with Crippen LogP contribution >= 0.6 is 11.6 Å². The van der Waals surface area contributed by atoms with Crippen molar-refractivity contribution in [3.8, 4) is 0 Å². The molecule has 1 N–H and O–H groups in total. The van der Waals surface area contributed by atoms with E-state index < -0.39 is 0 Å². The Kier molecular flexibility index (Phi) is 4.28. The van der Waals surface area contributed by atoms with Gasteiger partial charge in [-0.05, 0) is 42.3 Å². The second-order valence-corrected chi connectivity index (χ2v) is 4.53. The van der Waals surface area contributed by atoms with Crippen LogP contribution in [0.2, 0.25) is 5.02 Å². The van der Waals surface area contributed by atoms with Gasteiger partial charge in [-0.1, -0.05) is 17.7 Å². The molecule has 2 rings (SSSR count). The topological polar surface area (TPSA) is 24.9 Å². The molecule has 1 atom stereocenters. The average molecular weight is 265 g/mol. The van der Waals surface area contributed by atoms with E-state index in [1.165, 1.54) is 12.1 Å². The van der Waals surface area contributed by atoms with Crippen molar-refractivity contribution in [3.05, 3.63) is 64.7 Å². The molecule has 1 heterocycles. The van der Waals surface area contributed by atoms with Gasteiger partial charge in [-0.3, -0.25) is 4.98 Å². The normalized spacial score (nSPS) is 12.4. The number of hydrogen-bond acceptors (Lipinski definition) is 2. The summed E-state index contributed by atoms with van der Waals surface area (Å²) in [7, 11) is 0. The maximum atomic E-state index is 13.1. The highest BCUT2D eigenvalue weighted by molar-refractivity contribution is 6.31. The number of nitrogens with one attached hydrogen (secondary N) is 1. The van der Waals surface area contributed by atoms with Crippen molar-refractivity contribution in [2.24, 2.45) is 0 Å². The molecule has 0 fully saturated rings. The summed E-state index contributed by atoms with van der Waals surface area (Å²) in [5.41, 5.74) is 1.84. The van der Waals surface area contributed by atoms with Crippen molar-refractivity contribution in [2.75, 3.05) is 0 Å². The van der Waals surface area contributed by atoms with E-state index in [9.17, 15) is 4.39 Å². The summed E-state index contributed by atoms with van der Waals surface area (Å²) in [6, 6.07) is 8.41. The first-order chi connectivity index (χ1) is 8.66. The highest BCUT2D eigenvalue weighted by Crippen LogP contribution is 2.18. The molecule has 2 nitrogen and oxygen atoms in total. The van der Waals surface area contributed by atoms with Crippen molar-refractivity contribution < 1.29 is 4.39 Å². The minimum Gasteiger partial charge on any atom is -0.306 e. The molecular weight excluding hydrogens is 251 g/mol. The number of aromatic nitrogens is 1. The molecule has 4 heteroatoms. The van der Waals surface area contributed by atoms with Crippen LogP contribution in [0.4, 0.5) is 4.39 Å². The third-order valence-corrected chi connectivity index (χ3v) is 3.16. The molecule has 0 radical (unpaired) electrons.